The maximum absolute atomic E-state index is 12.1. The van der Waals surface area contributed by atoms with Crippen LogP contribution in [-0.2, 0) is 11.3 Å². The highest BCUT2D eigenvalue weighted by Crippen LogP contribution is 2.17. The van der Waals surface area contributed by atoms with Crippen LogP contribution in [0.15, 0.2) is 24.3 Å². The highest BCUT2D eigenvalue weighted by atomic mass is 16.5. The predicted molar refractivity (Wildman–Crippen MR) is 77.8 cm³/mol. The first-order valence-electron chi connectivity index (χ1n) is 6.90. The lowest BCUT2D eigenvalue weighted by Crippen LogP contribution is -2.25. The fraction of sp³-hybridized carbons (Fsp3) is 0.429. The number of hydrogen-bond donors (Lipinski definition) is 1. The van der Waals surface area contributed by atoms with Crippen molar-refractivity contribution < 1.29 is 9.53 Å². The standard InChI is InChI=1S/C14H19N5O2/c1-3-19-13(16-17-18-19)11-6-4-7-12(10-11)14(20)15-8-5-9-21-2/h4,6-7,10H,3,5,8-9H2,1-2H3,(H,15,20). The Morgan fingerprint density at radius 1 is 1.43 bits per heavy atom. The number of carbonyl (C=O) groups is 1. The van der Waals surface area contributed by atoms with Gasteiger partial charge in [-0.05, 0) is 35.9 Å². The zero-order chi connectivity index (χ0) is 15.1. The van der Waals surface area contributed by atoms with Crippen molar-refractivity contribution in [2.75, 3.05) is 20.3 Å². The summed E-state index contributed by atoms with van der Waals surface area (Å²) in [7, 11) is 1.64. The lowest BCUT2D eigenvalue weighted by Gasteiger charge is -2.07. The number of rotatable bonds is 7. The third-order valence-corrected chi connectivity index (χ3v) is 3.03. The molecule has 0 fully saturated rings. The predicted octanol–water partition coefficient (Wildman–Crippen LogP) is 1.13. The van der Waals surface area contributed by atoms with Crippen molar-refractivity contribution in [3.8, 4) is 11.4 Å². The van der Waals surface area contributed by atoms with Crippen LogP contribution in [-0.4, -0.2) is 46.4 Å². The van der Waals surface area contributed by atoms with E-state index in [1.54, 1.807) is 23.9 Å². The number of aromatic nitrogens is 4. The molecule has 2 rings (SSSR count). The van der Waals surface area contributed by atoms with Crippen LogP contribution >= 0.6 is 0 Å². The van der Waals surface area contributed by atoms with E-state index in [4.69, 9.17) is 4.74 Å². The van der Waals surface area contributed by atoms with Gasteiger partial charge in [-0.1, -0.05) is 12.1 Å². The molecule has 0 saturated carbocycles. The van der Waals surface area contributed by atoms with E-state index in [2.05, 4.69) is 20.8 Å². The van der Waals surface area contributed by atoms with Crippen LogP contribution in [0.5, 0.6) is 0 Å². The molecule has 0 spiro atoms. The minimum absolute atomic E-state index is 0.108. The molecule has 1 heterocycles. The van der Waals surface area contributed by atoms with Crippen LogP contribution in [0.3, 0.4) is 0 Å². The maximum atomic E-state index is 12.1. The Bertz CT molecular complexity index is 597. The second-order valence-corrected chi connectivity index (χ2v) is 4.50. The molecule has 0 aliphatic rings. The molecular weight excluding hydrogens is 270 g/mol. The largest absolute Gasteiger partial charge is 0.385 e. The zero-order valence-corrected chi connectivity index (χ0v) is 12.2. The zero-order valence-electron chi connectivity index (χ0n) is 12.2. The molecular formula is C14H19N5O2. The molecule has 0 aliphatic carbocycles. The molecule has 112 valence electrons. The number of nitrogens with one attached hydrogen (secondary N) is 1. The molecule has 1 N–H and O–H groups in total. The normalized spacial score (nSPS) is 10.6. The number of benzene rings is 1. The molecule has 1 amide bonds. The Morgan fingerprint density at radius 2 is 2.29 bits per heavy atom. The number of nitrogens with zero attached hydrogens (tertiary/aromatic N) is 4. The molecule has 0 bridgehead atoms. The number of carbonyl (C=O) groups excluding carboxylic acids is 1. The molecule has 0 saturated heterocycles. The van der Waals surface area contributed by atoms with Crippen LogP contribution in [0.1, 0.15) is 23.7 Å². The van der Waals surface area contributed by atoms with Gasteiger partial charge in [0.1, 0.15) is 0 Å². The summed E-state index contributed by atoms with van der Waals surface area (Å²) in [4.78, 5) is 12.1. The number of ether oxygens (including phenoxy) is 1. The molecule has 0 aliphatic heterocycles. The Labute approximate surface area is 123 Å². The van der Waals surface area contributed by atoms with E-state index >= 15 is 0 Å². The molecule has 7 nitrogen and oxygen atoms in total. The Morgan fingerprint density at radius 3 is 3.05 bits per heavy atom. The summed E-state index contributed by atoms with van der Waals surface area (Å²) < 4.78 is 6.64. The molecule has 0 atom stereocenters. The van der Waals surface area contributed by atoms with Crippen molar-refractivity contribution in [2.45, 2.75) is 19.9 Å². The Kier molecular flexibility index (Phi) is 5.39. The first-order valence-corrected chi connectivity index (χ1v) is 6.90. The van der Waals surface area contributed by atoms with Crippen molar-refractivity contribution in [1.29, 1.82) is 0 Å². The van der Waals surface area contributed by atoms with Crippen LogP contribution in [0, 0.1) is 0 Å². The average molecular weight is 289 g/mol. The number of aryl methyl sites for hydroxylation is 1. The summed E-state index contributed by atoms with van der Waals surface area (Å²) in [5.74, 6) is 0.551. The number of hydrogen-bond acceptors (Lipinski definition) is 5. The van der Waals surface area contributed by atoms with Gasteiger partial charge in [0.15, 0.2) is 5.82 Å². The quantitative estimate of drug-likeness (QED) is 0.773. The van der Waals surface area contributed by atoms with E-state index in [1.165, 1.54) is 0 Å². The summed E-state index contributed by atoms with van der Waals surface area (Å²) in [6, 6.07) is 7.28. The van der Waals surface area contributed by atoms with Gasteiger partial charge in [-0.25, -0.2) is 4.68 Å². The summed E-state index contributed by atoms with van der Waals surface area (Å²) >= 11 is 0. The van der Waals surface area contributed by atoms with E-state index in [0.717, 1.165) is 12.0 Å². The van der Waals surface area contributed by atoms with Gasteiger partial charge in [-0.15, -0.1) is 5.10 Å². The summed E-state index contributed by atoms with van der Waals surface area (Å²) in [5.41, 5.74) is 1.42. The Balaban J connectivity index is 2.09. The summed E-state index contributed by atoms with van der Waals surface area (Å²) in [5, 5.41) is 14.4. The molecule has 7 heteroatoms. The fourth-order valence-corrected chi connectivity index (χ4v) is 1.94. The van der Waals surface area contributed by atoms with Crippen molar-refractivity contribution in [3.63, 3.8) is 0 Å². The van der Waals surface area contributed by atoms with Gasteiger partial charge < -0.3 is 10.1 Å². The van der Waals surface area contributed by atoms with Crippen molar-refractivity contribution >= 4 is 5.91 Å². The van der Waals surface area contributed by atoms with Crippen LogP contribution in [0.25, 0.3) is 11.4 Å². The molecule has 2 aromatic rings. The van der Waals surface area contributed by atoms with Gasteiger partial charge in [0.25, 0.3) is 5.91 Å². The minimum atomic E-state index is -0.108. The van der Waals surface area contributed by atoms with Crippen molar-refractivity contribution in [3.05, 3.63) is 29.8 Å². The topological polar surface area (TPSA) is 81.9 Å². The van der Waals surface area contributed by atoms with E-state index in [-0.39, 0.29) is 5.91 Å². The number of tetrazole rings is 1. The smallest absolute Gasteiger partial charge is 0.251 e. The fourth-order valence-electron chi connectivity index (χ4n) is 1.94. The molecule has 21 heavy (non-hydrogen) atoms. The van der Waals surface area contributed by atoms with E-state index in [9.17, 15) is 4.79 Å². The van der Waals surface area contributed by atoms with Crippen LogP contribution < -0.4 is 5.32 Å². The van der Waals surface area contributed by atoms with E-state index in [0.29, 0.717) is 31.1 Å². The highest BCUT2D eigenvalue weighted by molar-refractivity contribution is 5.95. The highest BCUT2D eigenvalue weighted by Gasteiger charge is 2.11. The van der Waals surface area contributed by atoms with Gasteiger partial charge in [0, 0.05) is 37.9 Å². The average Bonchev–Trinajstić information content (AvgIpc) is 3.00. The lowest BCUT2D eigenvalue weighted by atomic mass is 10.1. The monoisotopic (exact) mass is 289 g/mol. The summed E-state index contributed by atoms with van der Waals surface area (Å²) in [6.45, 7) is 3.86. The second-order valence-electron chi connectivity index (χ2n) is 4.50. The van der Waals surface area contributed by atoms with Crippen molar-refractivity contribution in [2.24, 2.45) is 0 Å². The second kappa shape index (κ2) is 7.49. The van der Waals surface area contributed by atoms with Crippen LogP contribution in [0.2, 0.25) is 0 Å². The van der Waals surface area contributed by atoms with Crippen LogP contribution in [0.4, 0.5) is 0 Å². The first kappa shape index (κ1) is 15.1. The SMILES string of the molecule is CCn1nnnc1-c1cccc(C(=O)NCCCOC)c1. The third kappa shape index (κ3) is 3.85. The van der Waals surface area contributed by atoms with Crippen molar-refractivity contribution in [1.82, 2.24) is 25.5 Å². The van der Waals surface area contributed by atoms with Gasteiger partial charge in [-0.3, -0.25) is 4.79 Å². The first-order chi connectivity index (χ1) is 10.3. The van der Waals surface area contributed by atoms with Gasteiger partial charge >= 0.3 is 0 Å². The molecule has 0 radical (unpaired) electrons. The molecule has 1 aromatic carbocycles. The summed E-state index contributed by atoms with van der Waals surface area (Å²) in [6.07, 6.45) is 0.788. The van der Waals surface area contributed by atoms with Gasteiger partial charge in [-0.2, -0.15) is 0 Å². The molecule has 0 unspecified atom stereocenters. The molecule has 1 aromatic heterocycles. The van der Waals surface area contributed by atoms with Gasteiger partial charge in [0.2, 0.25) is 0 Å². The Hall–Kier alpha value is -2.28. The minimum Gasteiger partial charge on any atom is -0.385 e. The van der Waals surface area contributed by atoms with E-state index in [1.807, 2.05) is 19.1 Å². The van der Waals surface area contributed by atoms with Gasteiger partial charge in [0.05, 0.1) is 0 Å². The third-order valence-electron chi connectivity index (χ3n) is 3.03. The number of amides is 1. The number of methoxy groups -OCH3 is 1. The van der Waals surface area contributed by atoms with E-state index < -0.39 is 0 Å². The maximum Gasteiger partial charge on any atom is 0.251 e. The lowest BCUT2D eigenvalue weighted by molar-refractivity contribution is 0.0948.